The average molecular weight is 191 g/mol. The Kier molecular flexibility index (Phi) is 14.0. The fourth-order valence-corrected chi connectivity index (χ4v) is 0.583. The number of nitrogens with one attached hydrogen (secondary N) is 3. The first kappa shape index (κ1) is 15.4. The molecule has 0 amide bonds. The van der Waals surface area contributed by atoms with Gasteiger partial charge in [-0.25, -0.2) is 0 Å². The van der Waals surface area contributed by atoms with Gasteiger partial charge >= 0.3 is 0 Å². The van der Waals surface area contributed by atoms with Crippen molar-refractivity contribution in [2.45, 2.75) is 53.6 Å². The molecule has 3 N–H and O–H groups in total. The molecular weight excluding hydrogens is 162 g/mol. The van der Waals surface area contributed by atoms with E-state index >= 15 is 0 Å². The van der Waals surface area contributed by atoms with Crippen LogP contribution in [0.2, 0.25) is 0 Å². The zero-order chi connectivity index (χ0) is 10.7. The largest absolute Gasteiger partial charge is 0.317 e. The van der Waals surface area contributed by atoms with Crippen LogP contribution in [0.15, 0.2) is 0 Å². The Labute approximate surface area is 85.1 Å². The van der Waals surface area contributed by atoms with Gasteiger partial charge in [-0.2, -0.15) is 0 Å². The van der Waals surface area contributed by atoms with E-state index in [-0.39, 0.29) is 1.43 Å². The van der Waals surface area contributed by atoms with Gasteiger partial charge < -0.3 is 5.32 Å². The van der Waals surface area contributed by atoms with Crippen LogP contribution < -0.4 is 16.2 Å². The molecular formula is C10H29N3. The van der Waals surface area contributed by atoms with Crippen molar-refractivity contribution in [2.24, 2.45) is 0 Å². The van der Waals surface area contributed by atoms with Crippen LogP contribution in [0.25, 0.3) is 0 Å². The quantitative estimate of drug-likeness (QED) is 0.580. The smallest absolute Gasteiger partial charge is 0.0156 e. The molecule has 0 aliphatic carbocycles. The van der Waals surface area contributed by atoms with E-state index in [0.717, 1.165) is 13.1 Å². The number of hydrogen-bond donors (Lipinski definition) is 3. The van der Waals surface area contributed by atoms with E-state index in [1.165, 1.54) is 0 Å². The lowest BCUT2D eigenvalue weighted by Crippen LogP contribution is -2.41. The maximum atomic E-state index is 3.11. The molecule has 0 spiro atoms. The lowest BCUT2D eigenvalue weighted by Gasteiger charge is -2.11. The van der Waals surface area contributed by atoms with E-state index in [4.69, 9.17) is 0 Å². The Hall–Kier alpha value is -0.120. The van der Waals surface area contributed by atoms with Crippen LogP contribution in [0, 0.1) is 0 Å². The van der Waals surface area contributed by atoms with Gasteiger partial charge in [0, 0.05) is 13.5 Å². The van der Waals surface area contributed by atoms with Gasteiger partial charge in [0.05, 0.1) is 0 Å². The SMILES string of the molecule is CC(C)NNC(C)C.CCNCC.[HH]. The van der Waals surface area contributed by atoms with Gasteiger partial charge in [-0.15, -0.1) is 0 Å². The molecule has 0 aromatic rings. The van der Waals surface area contributed by atoms with Crippen molar-refractivity contribution in [1.82, 2.24) is 16.2 Å². The fourth-order valence-electron chi connectivity index (χ4n) is 0.583. The van der Waals surface area contributed by atoms with E-state index in [0.29, 0.717) is 12.1 Å². The topological polar surface area (TPSA) is 36.1 Å². The second kappa shape index (κ2) is 11.9. The second-order valence-electron chi connectivity index (χ2n) is 3.56. The molecule has 0 bridgehead atoms. The zero-order valence-corrected chi connectivity index (χ0v) is 10.1. The van der Waals surface area contributed by atoms with Crippen molar-refractivity contribution in [2.75, 3.05) is 13.1 Å². The van der Waals surface area contributed by atoms with Crippen LogP contribution in [0.1, 0.15) is 43.0 Å². The van der Waals surface area contributed by atoms with Gasteiger partial charge in [0.2, 0.25) is 0 Å². The van der Waals surface area contributed by atoms with Crippen LogP contribution in [0.4, 0.5) is 0 Å². The van der Waals surface area contributed by atoms with E-state index in [2.05, 4.69) is 57.7 Å². The minimum atomic E-state index is 0. The molecule has 0 fully saturated rings. The third kappa shape index (κ3) is 24.5. The molecule has 0 aliphatic heterocycles. The molecule has 0 saturated carbocycles. The van der Waals surface area contributed by atoms with Crippen molar-refractivity contribution in [3.8, 4) is 0 Å². The summed E-state index contributed by atoms with van der Waals surface area (Å²) in [6.45, 7) is 14.8. The van der Waals surface area contributed by atoms with Gasteiger partial charge in [-0.3, -0.25) is 10.9 Å². The van der Waals surface area contributed by atoms with Crippen LogP contribution in [0.3, 0.4) is 0 Å². The highest BCUT2D eigenvalue weighted by molar-refractivity contribution is 4.50. The summed E-state index contributed by atoms with van der Waals surface area (Å²) in [7, 11) is 0. The van der Waals surface area contributed by atoms with Crippen LogP contribution >= 0.6 is 0 Å². The molecule has 84 valence electrons. The van der Waals surface area contributed by atoms with E-state index < -0.39 is 0 Å². The van der Waals surface area contributed by atoms with E-state index in [1.54, 1.807) is 0 Å². The molecule has 0 unspecified atom stereocenters. The Morgan fingerprint density at radius 3 is 1.23 bits per heavy atom. The maximum absolute atomic E-state index is 3.11. The van der Waals surface area contributed by atoms with Gasteiger partial charge in [0.15, 0.2) is 0 Å². The van der Waals surface area contributed by atoms with E-state index in [1.807, 2.05) is 0 Å². The molecule has 0 aromatic carbocycles. The molecule has 13 heavy (non-hydrogen) atoms. The maximum Gasteiger partial charge on any atom is 0.0156 e. The van der Waals surface area contributed by atoms with Crippen LogP contribution in [-0.4, -0.2) is 25.2 Å². The normalized spacial score (nSPS) is 10.2. The fraction of sp³-hybridized carbons (Fsp3) is 1.00. The minimum absolute atomic E-state index is 0. The van der Waals surface area contributed by atoms with Crippen molar-refractivity contribution < 1.29 is 1.43 Å². The summed E-state index contributed by atoms with van der Waals surface area (Å²) in [5.74, 6) is 0. The second-order valence-corrected chi connectivity index (χ2v) is 3.56. The summed E-state index contributed by atoms with van der Waals surface area (Å²) in [5.41, 5.74) is 6.19. The van der Waals surface area contributed by atoms with E-state index in [9.17, 15) is 0 Å². The van der Waals surface area contributed by atoms with Crippen LogP contribution in [-0.2, 0) is 0 Å². The Morgan fingerprint density at radius 2 is 1.15 bits per heavy atom. The molecule has 0 aliphatic rings. The molecule has 3 heteroatoms. The third-order valence-electron chi connectivity index (χ3n) is 1.16. The predicted molar refractivity (Wildman–Crippen MR) is 62.9 cm³/mol. The highest BCUT2D eigenvalue weighted by Crippen LogP contribution is 1.74. The summed E-state index contributed by atoms with van der Waals surface area (Å²) in [6.07, 6.45) is 0. The van der Waals surface area contributed by atoms with Crippen LogP contribution in [0.5, 0.6) is 0 Å². The lowest BCUT2D eigenvalue weighted by molar-refractivity contribution is 0.428. The standard InChI is InChI=1S/C6H16N2.C4H11N.H2/c1-5(2)7-8-6(3)4;1-3-5-4-2;/h5-8H,1-4H3;5H,3-4H2,1-2H3;1H. The number of hydrogen-bond acceptors (Lipinski definition) is 3. The van der Waals surface area contributed by atoms with Gasteiger partial charge in [-0.1, -0.05) is 13.8 Å². The van der Waals surface area contributed by atoms with Gasteiger partial charge in [-0.05, 0) is 40.8 Å². The van der Waals surface area contributed by atoms with Crippen molar-refractivity contribution in [1.29, 1.82) is 0 Å². The summed E-state index contributed by atoms with van der Waals surface area (Å²) in [5, 5.41) is 3.11. The molecule has 0 atom stereocenters. The average Bonchev–Trinajstić information content (AvgIpc) is 2.03. The third-order valence-corrected chi connectivity index (χ3v) is 1.16. The lowest BCUT2D eigenvalue weighted by atomic mass is 10.4. The molecule has 0 aromatic heterocycles. The molecule has 0 saturated heterocycles. The minimum Gasteiger partial charge on any atom is -0.317 e. The Bertz CT molecular complexity index is 77.4. The molecule has 0 rings (SSSR count). The number of hydrazine groups is 1. The summed E-state index contributed by atoms with van der Waals surface area (Å²) in [4.78, 5) is 0. The monoisotopic (exact) mass is 191 g/mol. The Balaban J connectivity index is -0.000000177. The van der Waals surface area contributed by atoms with Crippen molar-refractivity contribution >= 4 is 0 Å². The first-order chi connectivity index (χ1) is 6.04. The number of rotatable bonds is 5. The molecule has 0 heterocycles. The van der Waals surface area contributed by atoms with Gasteiger partial charge in [0.25, 0.3) is 0 Å². The first-order valence-electron chi connectivity index (χ1n) is 5.26. The van der Waals surface area contributed by atoms with Crippen molar-refractivity contribution in [3.63, 3.8) is 0 Å². The predicted octanol–water partition coefficient (Wildman–Crippen LogP) is 1.76. The Morgan fingerprint density at radius 1 is 0.846 bits per heavy atom. The molecule has 0 radical (unpaired) electrons. The first-order valence-corrected chi connectivity index (χ1v) is 5.26. The molecule has 3 nitrogen and oxygen atoms in total. The summed E-state index contributed by atoms with van der Waals surface area (Å²) >= 11 is 0. The van der Waals surface area contributed by atoms with Crippen molar-refractivity contribution in [3.05, 3.63) is 0 Å². The summed E-state index contributed by atoms with van der Waals surface area (Å²) < 4.78 is 0. The summed E-state index contributed by atoms with van der Waals surface area (Å²) in [6, 6.07) is 1.05. The van der Waals surface area contributed by atoms with Gasteiger partial charge in [0.1, 0.15) is 0 Å². The highest BCUT2D eigenvalue weighted by Gasteiger charge is 1.91. The highest BCUT2D eigenvalue weighted by atomic mass is 15.4. The zero-order valence-electron chi connectivity index (χ0n) is 10.1.